The first-order valence-electron chi connectivity index (χ1n) is 4.97. The molecule has 1 aromatic rings. The van der Waals surface area contributed by atoms with Gasteiger partial charge in [0, 0.05) is 19.2 Å². The predicted octanol–water partition coefficient (Wildman–Crippen LogP) is 2.38. The highest BCUT2D eigenvalue weighted by molar-refractivity contribution is 5.93. The minimum Gasteiger partial charge on any atom is -0.312 e. The van der Waals surface area contributed by atoms with E-state index in [-0.39, 0.29) is 5.91 Å². The first-order chi connectivity index (χ1) is 7.22. The first kappa shape index (κ1) is 9.83. The number of hydrogen-bond acceptors (Lipinski definition) is 3. The Hall–Kier alpha value is -1.71. The van der Waals surface area contributed by atoms with Crippen LogP contribution < -0.4 is 4.90 Å². The zero-order valence-corrected chi connectivity index (χ0v) is 8.56. The number of carbonyl (C=O) groups excluding carboxylic acids is 1. The summed E-state index contributed by atoms with van der Waals surface area (Å²) >= 11 is 0. The fourth-order valence-corrected chi connectivity index (χ4v) is 1.95. The molecule has 4 heteroatoms. The lowest BCUT2D eigenvalue weighted by Gasteiger charge is -2.28. The summed E-state index contributed by atoms with van der Waals surface area (Å²) in [6, 6.07) is 5.25. The molecule has 0 saturated heterocycles. The predicted molar refractivity (Wildman–Crippen MR) is 58.2 cm³/mol. The summed E-state index contributed by atoms with van der Waals surface area (Å²) in [5, 5.41) is 2.88. The van der Waals surface area contributed by atoms with Gasteiger partial charge in [-0.15, -0.1) is 4.91 Å². The van der Waals surface area contributed by atoms with Gasteiger partial charge in [-0.05, 0) is 35.7 Å². The van der Waals surface area contributed by atoms with Gasteiger partial charge in [0.05, 0.1) is 0 Å². The minimum atomic E-state index is 0.0130. The van der Waals surface area contributed by atoms with Gasteiger partial charge in [-0.2, -0.15) is 0 Å². The van der Waals surface area contributed by atoms with Crippen LogP contribution in [-0.4, -0.2) is 12.5 Å². The lowest BCUT2D eigenvalue weighted by atomic mass is 10.0. The molecule has 0 fully saturated rings. The second kappa shape index (κ2) is 3.81. The van der Waals surface area contributed by atoms with E-state index in [0.29, 0.717) is 5.69 Å². The second-order valence-electron chi connectivity index (χ2n) is 3.68. The van der Waals surface area contributed by atoms with Gasteiger partial charge in [-0.25, -0.2) is 0 Å². The van der Waals surface area contributed by atoms with Gasteiger partial charge < -0.3 is 4.90 Å². The van der Waals surface area contributed by atoms with Crippen LogP contribution in [0.2, 0.25) is 0 Å². The molecule has 0 saturated carbocycles. The number of nitrogens with zero attached hydrogens (tertiary/aromatic N) is 2. The molecule has 1 aliphatic rings. The van der Waals surface area contributed by atoms with E-state index in [1.807, 2.05) is 6.07 Å². The van der Waals surface area contributed by atoms with Gasteiger partial charge in [-0.1, -0.05) is 6.07 Å². The topological polar surface area (TPSA) is 49.7 Å². The van der Waals surface area contributed by atoms with Crippen LogP contribution in [-0.2, 0) is 11.2 Å². The number of rotatable bonds is 1. The van der Waals surface area contributed by atoms with E-state index in [9.17, 15) is 9.70 Å². The molecule has 0 bridgehead atoms. The first-order valence-corrected chi connectivity index (χ1v) is 4.97. The maximum Gasteiger partial charge on any atom is 0.223 e. The molecule has 78 valence electrons. The summed E-state index contributed by atoms with van der Waals surface area (Å²) in [7, 11) is 0. The molecule has 1 heterocycles. The van der Waals surface area contributed by atoms with Crippen LogP contribution in [0.3, 0.4) is 0 Å². The van der Waals surface area contributed by atoms with E-state index in [4.69, 9.17) is 0 Å². The van der Waals surface area contributed by atoms with Crippen molar-refractivity contribution in [1.29, 1.82) is 0 Å². The number of nitroso groups, excluding NO2 is 1. The SMILES string of the molecule is CC(=O)N1CCCc2ccc(N=O)cc21. The summed E-state index contributed by atoms with van der Waals surface area (Å²) in [6.45, 7) is 2.26. The lowest BCUT2D eigenvalue weighted by molar-refractivity contribution is -0.116. The number of hydrogen-bond donors (Lipinski definition) is 0. The van der Waals surface area contributed by atoms with E-state index >= 15 is 0 Å². The monoisotopic (exact) mass is 204 g/mol. The Kier molecular flexibility index (Phi) is 2.49. The van der Waals surface area contributed by atoms with Crippen molar-refractivity contribution in [2.75, 3.05) is 11.4 Å². The van der Waals surface area contributed by atoms with Crippen LogP contribution in [0.15, 0.2) is 23.4 Å². The van der Waals surface area contributed by atoms with Gasteiger partial charge in [-0.3, -0.25) is 4.79 Å². The molecule has 15 heavy (non-hydrogen) atoms. The van der Waals surface area contributed by atoms with Crippen molar-refractivity contribution in [2.45, 2.75) is 19.8 Å². The molecule has 2 rings (SSSR count). The molecular formula is C11H12N2O2. The van der Waals surface area contributed by atoms with Crippen molar-refractivity contribution >= 4 is 17.3 Å². The Morgan fingerprint density at radius 3 is 2.93 bits per heavy atom. The molecule has 0 radical (unpaired) electrons. The Morgan fingerprint density at radius 1 is 1.47 bits per heavy atom. The normalized spacial score (nSPS) is 14.6. The zero-order chi connectivity index (χ0) is 10.8. The number of benzene rings is 1. The lowest BCUT2D eigenvalue weighted by Crippen LogP contribution is -2.33. The maximum absolute atomic E-state index is 11.4. The molecule has 0 aromatic heterocycles. The number of anilines is 1. The quantitative estimate of drug-likeness (QED) is 0.659. The molecule has 1 aliphatic heterocycles. The third-order valence-electron chi connectivity index (χ3n) is 2.67. The third-order valence-corrected chi connectivity index (χ3v) is 2.67. The van der Waals surface area contributed by atoms with Crippen LogP contribution >= 0.6 is 0 Å². The van der Waals surface area contributed by atoms with Crippen molar-refractivity contribution in [2.24, 2.45) is 5.18 Å². The van der Waals surface area contributed by atoms with E-state index in [2.05, 4.69) is 5.18 Å². The largest absolute Gasteiger partial charge is 0.312 e. The number of carbonyl (C=O) groups is 1. The van der Waals surface area contributed by atoms with Crippen molar-refractivity contribution in [1.82, 2.24) is 0 Å². The van der Waals surface area contributed by atoms with Crippen LogP contribution in [0, 0.1) is 4.91 Å². The Morgan fingerprint density at radius 2 is 2.27 bits per heavy atom. The second-order valence-corrected chi connectivity index (χ2v) is 3.68. The van der Waals surface area contributed by atoms with Gasteiger partial charge in [0.15, 0.2) is 0 Å². The summed E-state index contributed by atoms with van der Waals surface area (Å²) in [6.07, 6.45) is 1.93. The molecule has 0 N–H and O–H groups in total. The fraction of sp³-hybridized carbons (Fsp3) is 0.364. The van der Waals surface area contributed by atoms with Crippen molar-refractivity contribution in [3.8, 4) is 0 Å². The summed E-state index contributed by atoms with van der Waals surface area (Å²) < 4.78 is 0. The van der Waals surface area contributed by atoms with Gasteiger partial charge >= 0.3 is 0 Å². The number of amides is 1. The van der Waals surface area contributed by atoms with Crippen LogP contribution in [0.1, 0.15) is 18.9 Å². The average molecular weight is 204 g/mol. The van der Waals surface area contributed by atoms with E-state index in [1.165, 1.54) is 6.92 Å². The molecule has 1 amide bonds. The third kappa shape index (κ3) is 1.75. The molecule has 4 nitrogen and oxygen atoms in total. The van der Waals surface area contributed by atoms with Gasteiger partial charge in [0.25, 0.3) is 0 Å². The molecule has 0 spiro atoms. The molecule has 0 atom stereocenters. The van der Waals surface area contributed by atoms with Crippen LogP contribution in [0.4, 0.5) is 11.4 Å². The molecule has 1 aromatic carbocycles. The van der Waals surface area contributed by atoms with Crippen LogP contribution in [0.25, 0.3) is 0 Å². The smallest absolute Gasteiger partial charge is 0.223 e. The Labute approximate surface area is 87.9 Å². The van der Waals surface area contributed by atoms with E-state index < -0.39 is 0 Å². The molecule has 0 aliphatic carbocycles. The number of aryl methyl sites for hydroxylation is 1. The highest BCUT2D eigenvalue weighted by Gasteiger charge is 2.20. The highest BCUT2D eigenvalue weighted by Crippen LogP contribution is 2.30. The summed E-state index contributed by atoms with van der Waals surface area (Å²) in [4.78, 5) is 23.5. The Bertz CT molecular complexity index is 415. The van der Waals surface area contributed by atoms with Crippen molar-refractivity contribution < 1.29 is 4.79 Å². The standard InChI is InChI=1S/C11H12N2O2/c1-8(14)13-6-2-3-9-4-5-10(12-15)7-11(9)13/h4-5,7H,2-3,6H2,1H3. The average Bonchev–Trinajstić information content (AvgIpc) is 2.27. The highest BCUT2D eigenvalue weighted by atomic mass is 16.3. The zero-order valence-electron chi connectivity index (χ0n) is 8.56. The molecular weight excluding hydrogens is 192 g/mol. The number of fused-ring (bicyclic) bond motifs is 1. The van der Waals surface area contributed by atoms with E-state index in [0.717, 1.165) is 30.6 Å². The Balaban J connectivity index is 2.48. The van der Waals surface area contributed by atoms with Gasteiger partial charge in [0.1, 0.15) is 5.69 Å². The fourth-order valence-electron chi connectivity index (χ4n) is 1.95. The van der Waals surface area contributed by atoms with Crippen LogP contribution in [0.5, 0.6) is 0 Å². The van der Waals surface area contributed by atoms with Crippen molar-refractivity contribution in [3.05, 3.63) is 28.7 Å². The summed E-state index contributed by atoms with van der Waals surface area (Å²) in [5.41, 5.74) is 2.33. The summed E-state index contributed by atoms with van der Waals surface area (Å²) in [5.74, 6) is 0.0130. The molecule has 0 unspecified atom stereocenters. The van der Waals surface area contributed by atoms with E-state index in [1.54, 1.807) is 17.0 Å². The van der Waals surface area contributed by atoms with Crippen molar-refractivity contribution in [3.63, 3.8) is 0 Å². The maximum atomic E-state index is 11.4. The van der Waals surface area contributed by atoms with Gasteiger partial charge in [0.2, 0.25) is 5.91 Å². The minimum absolute atomic E-state index is 0.0130.